The number of nitrogens with one attached hydrogen (secondary N) is 2. The van der Waals surface area contributed by atoms with Crippen LogP contribution in [0, 0.1) is 17.8 Å². The first-order valence-corrected chi connectivity index (χ1v) is 10.2. The van der Waals surface area contributed by atoms with Crippen molar-refractivity contribution < 1.29 is 11.3 Å². The van der Waals surface area contributed by atoms with Crippen molar-refractivity contribution in [3.05, 3.63) is 23.8 Å². The molecule has 0 saturated heterocycles. The molecule has 0 aromatic heterocycles. The van der Waals surface area contributed by atoms with Crippen LogP contribution in [0.15, 0.2) is 23.8 Å². The van der Waals surface area contributed by atoms with Crippen molar-refractivity contribution in [3.8, 4) is 0 Å². The first-order valence-electron chi connectivity index (χ1n) is 10.2. The van der Waals surface area contributed by atoms with Crippen molar-refractivity contribution in [2.24, 2.45) is 17.8 Å². The van der Waals surface area contributed by atoms with Gasteiger partial charge in [-0.05, 0) is 76.5 Å². The van der Waals surface area contributed by atoms with E-state index < -0.39 is 0 Å². The summed E-state index contributed by atoms with van der Waals surface area (Å²) in [6, 6.07) is 0. The topological polar surface area (TPSA) is 53.5 Å². The van der Waals surface area contributed by atoms with Gasteiger partial charge in [-0.15, -0.1) is 0 Å². The molecule has 0 bridgehead atoms. The van der Waals surface area contributed by atoms with E-state index in [0.717, 1.165) is 55.9 Å². The lowest BCUT2D eigenvalue weighted by atomic mass is 9.85. The molecule has 0 amide bonds. The van der Waals surface area contributed by atoms with Gasteiger partial charge in [0.15, 0.2) is 5.88 Å². The summed E-state index contributed by atoms with van der Waals surface area (Å²) in [5.74, 6) is 4.50. The molecule has 2 aliphatic carbocycles. The van der Waals surface area contributed by atoms with Crippen molar-refractivity contribution in [1.82, 2.24) is 10.6 Å². The van der Waals surface area contributed by atoms with Gasteiger partial charge in [0.2, 0.25) is 0 Å². The lowest BCUT2D eigenvalue weighted by Gasteiger charge is -2.25. The maximum Gasteiger partial charge on any atom is 0.188 e. The van der Waals surface area contributed by atoms with Gasteiger partial charge < -0.3 is 20.5 Å². The van der Waals surface area contributed by atoms with E-state index in [1.165, 1.54) is 19.3 Å². The van der Waals surface area contributed by atoms with E-state index in [1.807, 2.05) is 13.0 Å². The minimum Gasteiger partial charge on any atom is -0.446 e. The highest BCUT2D eigenvalue weighted by molar-refractivity contribution is 5.11. The summed E-state index contributed by atoms with van der Waals surface area (Å²) < 4.78 is 6.04. The second-order valence-corrected chi connectivity index (χ2v) is 8.26. The molecule has 1 fully saturated rings. The summed E-state index contributed by atoms with van der Waals surface area (Å²) in [7, 11) is 3.09. The molecule has 2 rings (SSSR count). The van der Waals surface area contributed by atoms with Crippen LogP contribution in [0.1, 0.15) is 75.1 Å². The Kier molecular flexibility index (Phi) is 12.7. The van der Waals surface area contributed by atoms with Crippen LogP contribution in [-0.2, 0) is 4.74 Å². The number of aliphatic hydroxyl groups excluding tert-OH is 1. The zero-order valence-electron chi connectivity index (χ0n) is 18.5. The number of aliphatic hydroxyl groups is 1. The first-order chi connectivity index (χ1) is 12.3. The molecule has 156 valence electrons. The lowest BCUT2D eigenvalue weighted by Crippen LogP contribution is -2.36. The third-order valence-electron chi connectivity index (χ3n) is 4.86. The number of hydrogen-bond donors (Lipinski definition) is 3. The van der Waals surface area contributed by atoms with Crippen molar-refractivity contribution in [2.75, 3.05) is 20.7 Å². The predicted molar refractivity (Wildman–Crippen MR) is 115 cm³/mol. The molecule has 0 heterocycles. The maximum atomic E-state index is 7.00. The summed E-state index contributed by atoms with van der Waals surface area (Å²) in [6.45, 7) is 14.0. The van der Waals surface area contributed by atoms with Gasteiger partial charge in [-0.1, -0.05) is 27.7 Å². The quantitative estimate of drug-likeness (QED) is 0.572. The zero-order valence-corrected chi connectivity index (χ0v) is 18.5. The van der Waals surface area contributed by atoms with E-state index in [0.29, 0.717) is 5.54 Å². The second-order valence-electron chi connectivity index (χ2n) is 8.26. The molecule has 1 saturated carbocycles. The summed E-state index contributed by atoms with van der Waals surface area (Å²) in [5.41, 5.74) is 0.322. The lowest BCUT2D eigenvalue weighted by molar-refractivity contribution is 0.217. The van der Waals surface area contributed by atoms with Gasteiger partial charge in [0, 0.05) is 27.0 Å². The van der Waals surface area contributed by atoms with E-state index in [-0.39, 0.29) is 1.43 Å². The SMILES string of the molecule is C/C=C(\NCCC)OC1=CCC2CC(C)(NC)C[C@H]2C1.CC(C)C.CO.[HH]. The molecule has 3 N–H and O–H groups in total. The van der Waals surface area contributed by atoms with Gasteiger partial charge in [-0.2, -0.15) is 0 Å². The molecule has 0 aliphatic heterocycles. The molecule has 0 aromatic rings. The van der Waals surface area contributed by atoms with E-state index >= 15 is 0 Å². The summed E-state index contributed by atoms with van der Waals surface area (Å²) in [6.07, 6.45) is 10.3. The Morgan fingerprint density at radius 3 is 2.42 bits per heavy atom. The van der Waals surface area contributed by atoms with Crippen LogP contribution < -0.4 is 10.6 Å². The van der Waals surface area contributed by atoms with Crippen LogP contribution in [0.2, 0.25) is 0 Å². The molecule has 26 heavy (non-hydrogen) atoms. The highest BCUT2D eigenvalue weighted by Gasteiger charge is 2.42. The third kappa shape index (κ3) is 9.09. The molecular formula is C22H46N2O2. The number of allylic oxidation sites excluding steroid dienone is 3. The van der Waals surface area contributed by atoms with Crippen LogP contribution in [0.4, 0.5) is 0 Å². The number of rotatable bonds is 6. The monoisotopic (exact) mass is 370 g/mol. The zero-order chi connectivity index (χ0) is 20.2. The highest BCUT2D eigenvalue weighted by atomic mass is 16.5. The fourth-order valence-corrected chi connectivity index (χ4v) is 3.59. The first kappa shape index (κ1) is 25.0. The number of fused-ring (bicyclic) bond motifs is 1. The fraction of sp³-hybridized carbons (Fsp3) is 0.818. The molecule has 0 spiro atoms. The van der Waals surface area contributed by atoms with Crippen LogP contribution in [-0.4, -0.2) is 31.3 Å². The van der Waals surface area contributed by atoms with E-state index in [1.54, 1.807) is 0 Å². The van der Waals surface area contributed by atoms with Gasteiger partial charge in [0.1, 0.15) is 5.76 Å². The molecule has 0 aromatic carbocycles. The Labute approximate surface area is 164 Å². The van der Waals surface area contributed by atoms with Crippen molar-refractivity contribution in [2.45, 2.75) is 79.2 Å². The van der Waals surface area contributed by atoms with Crippen LogP contribution >= 0.6 is 0 Å². The fourth-order valence-electron chi connectivity index (χ4n) is 3.59. The minimum absolute atomic E-state index is 0. The average Bonchev–Trinajstić information content (AvgIpc) is 2.96. The third-order valence-corrected chi connectivity index (χ3v) is 4.86. The van der Waals surface area contributed by atoms with Gasteiger partial charge in [0.25, 0.3) is 0 Å². The standard InChI is InChI=1S/C17H30N2O.C4H10.CH4O.H2/c1-5-9-19-16(6-2)20-15-8-7-13-11-17(3,18-4)12-14(13)10-15;1-4(2)3;1-2;/h6,8,13-14,18-19H,5,7,9-12H2,1-4H3;4H,1-3H3;2H,1H3;1H/b16-6+;;;/t13?,14-,17?;;;/m1.../s1. The van der Waals surface area contributed by atoms with Crippen molar-refractivity contribution in [3.63, 3.8) is 0 Å². The Balaban J connectivity index is 0. The van der Waals surface area contributed by atoms with Crippen LogP contribution in [0.25, 0.3) is 0 Å². The molecule has 3 atom stereocenters. The Morgan fingerprint density at radius 2 is 1.92 bits per heavy atom. The number of hydrogen-bond acceptors (Lipinski definition) is 4. The largest absolute Gasteiger partial charge is 0.446 e. The van der Waals surface area contributed by atoms with Gasteiger partial charge in [-0.3, -0.25) is 0 Å². The molecule has 4 nitrogen and oxygen atoms in total. The Morgan fingerprint density at radius 1 is 1.35 bits per heavy atom. The van der Waals surface area contributed by atoms with Crippen LogP contribution in [0.5, 0.6) is 0 Å². The molecule has 0 radical (unpaired) electrons. The second kappa shape index (κ2) is 13.2. The van der Waals surface area contributed by atoms with Crippen LogP contribution in [0.3, 0.4) is 0 Å². The van der Waals surface area contributed by atoms with E-state index in [9.17, 15) is 0 Å². The summed E-state index contributed by atoms with van der Waals surface area (Å²) in [5, 5.41) is 13.8. The average molecular weight is 371 g/mol. The maximum absolute atomic E-state index is 7.00. The normalized spacial score (nSPS) is 27.5. The molecular weight excluding hydrogens is 324 g/mol. The van der Waals surface area contributed by atoms with Gasteiger partial charge in [-0.25, -0.2) is 0 Å². The molecule has 4 heteroatoms. The van der Waals surface area contributed by atoms with E-state index in [4.69, 9.17) is 9.84 Å². The van der Waals surface area contributed by atoms with Gasteiger partial charge in [0.05, 0.1) is 0 Å². The summed E-state index contributed by atoms with van der Waals surface area (Å²) in [4.78, 5) is 0. The van der Waals surface area contributed by atoms with Crippen molar-refractivity contribution >= 4 is 0 Å². The van der Waals surface area contributed by atoms with Crippen molar-refractivity contribution in [1.29, 1.82) is 0 Å². The van der Waals surface area contributed by atoms with Gasteiger partial charge >= 0.3 is 0 Å². The predicted octanol–water partition coefficient (Wildman–Crippen LogP) is 5.06. The molecule has 2 unspecified atom stereocenters. The van der Waals surface area contributed by atoms with E-state index in [2.05, 4.69) is 58.4 Å². The summed E-state index contributed by atoms with van der Waals surface area (Å²) >= 11 is 0. The Bertz CT molecular complexity index is 435. The smallest absolute Gasteiger partial charge is 0.188 e. The Hall–Kier alpha value is -1.00. The molecule has 2 aliphatic rings. The number of ether oxygens (including phenoxy) is 1. The minimum atomic E-state index is 0. The highest BCUT2D eigenvalue weighted by Crippen LogP contribution is 2.46.